The number of esters is 1. The van der Waals surface area contributed by atoms with Gasteiger partial charge in [0, 0.05) is 19.6 Å². The van der Waals surface area contributed by atoms with Gasteiger partial charge in [0.25, 0.3) is 0 Å². The molecule has 0 aromatic heterocycles. The van der Waals surface area contributed by atoms with Gasteiger partial charge in [0.1, 0.15) is 11.9 Å². The van der Waals surface area contributed by atoms with E-state index in [1.54, 1.807) is 17.0 Å². The first-order chi connectivity index (χ1) is 11.5. The van der Waals surface area contributed by atoms with Gasteiger partial charge in [-0.2, -0.15) is 0 Å². The molecule has 1 atom stereocenters. The van der Waals surface area contributed by atoms with Gasteiger partial charge in [-0.05, 0) is 17.7 Å². The van der Waals surface area contributed by atoms with Crippen LogP contribution in [0.25, 0.3) is 0 Å². The molecule has 0 bridgehead atoms. The summed E-state index contributed by atoms with van der Waals surface area (Å²) in [4.78, 5) is 37.1. The molecule has 2 rings (SSSR count). The van der Waals surface area contributed by atoms with Gasteiger partial charge in [0.05, 0.1) is 20.1 Å². The number of methoxy groups -OCH3 is 1. The lowest BCUT2D eigenvalue weighted by Crippen LogP contribution is -2.57. The van der Waals surface area contributed by atoms with Gasteiger partial charge in [-0.25, -0.2) is 4.39 Å². The van der Waals surface area contributed by atoms with Crippen molar-refractivity contribution in [2.24, 2.45) is 0 Å². The summed E-state index contributed by atoms with van der Waals surface area (Å²) in [5.74, 6) is -1.41. The molecule has 1 aliphatic rings. The minimum absolute atomic E-state index is 0.00369. The van der Waals surface area contributed by atoms with Crippen molar-refractivity contribution in [3.63, 3.8) is 0 Å². The first kappa shape index (κ1) is 17.9. The highest BCUT2D eigenvalue weighted by Gasteiger charge is 2.32. The van der Waals surface area contributed by atoms with E-state index < -0.39 is 12.0 Å². The summed E-state index contributed by atoms with van der Waals surface area (Å²) in [6, 6.07) is 5.10. The molecule has 1 saturated heterocycles. The number of hydrogen-bond acceptors (Lipinski definition) is 5. The van der Waals surface area contributed by atoms with Crippen LogP contribution in [0, 0.1) is 5.82 Å². The van der Waals surface area contributed by atoms with Crippen LogP contribution in [-0.4, -0.2) is 55.5 Å². The van der Waals surface area contributed by atoms with E-state index in [1.165, 1.54) is 19.2 Å². The molecule has 0 saturated carbocycles. The number of ether oxygens (including phenoxy) is 1. The molecule has 1 heterocycles. The average molecular weight is 337 g/mol. The van der Waals surface area contributed by atoms with Crippen LogP contribution in [0.5, 0.6) is 0 Å². The first-order valence-electron chi connectivity index (χ1n) is 7.59. The van der Waals surface area contributed by atoms with Crippen molar-refractivity contribution >= 4 is 17.8 Å². The minimum atomic E-state index is -0.720. The lowest BCUT2D eigenvalue weighted by molar-refractivity contribution is -0.146. The Kier molecular flexibility index (Phi) is 6.25. The van der Waals surface area contributed by atoms with Crippen LogP contribution in [0.15, 0.2) is 24.3 Å². The number of benzene rings is 1. The van der Waals surface area contributed by atoms with Crippen molar-refractivity contribution in [1.29, 1.82) is 0 Å². The number of carbonyl (C=O) groups excluding carboxylic acids is 3. The van der Waals surface area contributed by atoms with E-state index in [2.05, 4.69) is 15.4 Å². The van der Waals surface area contributed by atoms with E-state index in [0.717, 1.165) is 5.56 Å². The number of hydrogen-bond donors (Lipinski definition) is 2. The van der Waals surface area contributed by atoms with Crippen molar-refractivity contribution in [2.45, 2.75) is 19.0 Å². The Bertz CT molecular complexity index is 606. The van der Waals surface area contributed by atoms with Crippen molar-refractivity contribution in [2.75, 3.05) is 26.7 Å². The van der Waals surface area contributed by atoms with E-state index in [4.69, 9.17) is 0 Å². The fourth-order valence-corrected chi connectivity index (χ4v) is 2.46. The van der Waals surface area contributed by atoms with Gasteiger partial charge in [0.15, 0.2) is 0 Å². The zero-order chi connectivity index (χ0) is 17.5. The Balaban J connectivity index is 1.89. The highest BCUT2D eigenvalue weighted by atomic mass is 19.1. The zero-order valence-corrected chi connectivity index (χ0v) is 13.4. The standard InChI is InChI=1S/C16H20FN3O4/c1-24-15(22)8-13-16(23)18-6-7-20(13)10-14(21)19-9-11-2-4-12(17)5-3-11/h2-5,13H,6-10H2,1H3,(H,18,23)(H,19,21)/t13-/m1/s1. The predicted octanol–water partition coefficient (Wildman–Crippen LogP) is -0.195. The van der Waals surface area contributed by atoms with Gasteiger partial charge in [-0.15, -0.1) is 0 Å². The Hall–Kier alpha value is -2.48. The van der Waals surface area contributed by atoms with Crippen molar-refractivity contribution in [1.82, 2.24) is 15.5 Å². The Morgan fingerprint density at radius 2 is 2.08 bits per heavy atom. The molecular formula is C16H20FN3O4. The smallest absolute Gasteiger partial charge is 0.307 e. The summed E-state index contributed by atoms with van der Waals surface area (Å²) in [6.45, 7) is 1.15. The highest BCUT2D eigenvalue weighted by Crippen LogP contribution is 2.09. The van der Waals surface area contributed by atoms with Crippen LogP contribution >= 0.6 is 0 Å². The number of halogens is 1. The van der Waals surface area contributed by atoms with E-state index in [-0.39, 0.29) is 37.1 Å². The van der Waals surface area contributed by atoms with E-state index in [1.807, 2.05) is 0 Å². The van der Waals surface area contributed by atoms with Gasteiger partial charge >= 0.3 is 5.97 Å². The molecular weight excluding hydrogens is 317 g/mol. The number of amides is 2. The van der Waals surface area contributed by atoms with Gasteiger partial charge in [-0.3, -0.25) is 19.3 Å². The number of nitrogens with one attached hydrogen (secondary N) is 2. The van der Waals surface area contributed by atoms with Gasteiger partial charge in [0.2, 0.25) is 11.8 Å². The van der Waals surface area contributed by atoms with Crippen molar-refractivity contribution in [3.8, 4) is 0 Å². The lowest BCUT2D eigenvalue weighted by atomic mass is 10.1. The van der Waals surface area contributed by atoms with Gasteiger partial charge < -0.3 is 15.4 Å². The second kappa shape index (κ2) is 8.39. The zero-order valence-electron chi connectivity index (χ0n) is 13.4. The normalized spacial score (nSPS) is 17.9. The SMILES string of the molecule is COC(=O)C[C@@H]1C(=O)NCCN1CC(=O)NCc1ccc(F)cc1. The lowest BCUT2D eigenvalue weighted by Gasteiger charge is -2.33. The average Bonchev–Trinajstić information content (AvgIpc) is 2.57. The van der Waals surface area contributed by atoms with Crippen LogP contribution in [0.3, 0.4) is 0 Å². The molecule has 0 spiro atoms. The van der Waals surface area contributed by atoms with Crippen LogP contribution in [-0.2, 0) is 25.7 Å². The molecule has 130 valence electrons. The van der Waals surface area contributed by atoms with Crippen molar-refractivity contribution < 1.29 is 23.5 Å². The van der Waals surface area contributed by atoms with Crippen LogP contribution in [0.2, 0.25) is 0 Å². The topological polar surface area (TPSA) is 87.7 Å². The first-order valence-corrected chi connectivity index (χ1v) is 7.59. The summed E-state index contributed by atoms with van der Waals surface area (Å²) < 4.78 is 17.4. The Morgan fingerprint density at radius 3 is 2.75 bits per heavy atom. The number of carbonyl (C=O) groups is 3. The number of rotatable bonds is 6. The second-order valence-electron chi connectivity index (χ2n) is 5.46. The fraction of sp³-hybridized carbons (Fsp3) is 0.438. The van der Waals surface area contributed by atoms with Crippen LogP contribution in [0.1, 0.15) is 12.0 Å². The Labute approximate surface area is 139 Å². The predicted molar refractivity (Wildman–Crippen MR) is 83.3 cm³/mol. The molecule has 1 aromatic carbocycles. The fourth-order valence-electron chi connectivity index (χ4n) is 2.46. The van der Waals surface area contributed by atoms with Crippen LogP contribution in [0.4, 0.5) is 4.39 Å². The molecule has 1 aromatic rings. The minimum Gasteiger partial charge on any atom is -0.469 e. The summed E-state index contributed by atoms with van der Waals surface area (Å²) >= 11 is 0. The molecule has 0 radical (unpaired) electrons. The van der Waals surface area contributed by atoms with E-state index in [9.17, 15) is 18.8 Å². The molecule has 1 aliphatic heterocycles. The molecule has 2 amide bonds. The molecule has 2 N–H and O–H groups in total. The van der Waals surface area contributed by atoms with E-state index in [0.29, 0.717) is 13.1 Å². The third-order valence-electron chi connectivity index (χ3n) is 3.78. The third kappa shape index (κ3) is 5.02. The largest absolute Gasteiger partial charge is 0.469 e. The molecule has 8 heteroatoms. The van der Waals surface area contributed by atoms with E-state index >= 15 is 0 Å². The summed E-state index contributed by atoms with van der Waals surface area (Å²) in [6.07, 6.45) is -0.104. The molecule has 24 heavy (non-hydrogen) atoms. The van der Waals surface area contributed by atoms with Crippen molar-refractivity contribution in [3.05, 3.63) is 35.6 Å². The maximum Gasteiger partial charge on any atom is 0.307 e. The molecule has 1 fully saturated rings. The van der Waals surface area contributed by atoms with Crippen LogP contribution < -0.4 is 10.6 Å². The van der Waals surface area contributed by atoms with Gasteiger partial charge in [-0.1, -0.05) is 12.1 Å². The Morgan fingerprint density at radius 1 is 1.38 bits per heavy atom. The quantitative estimate of drug-likeness (QED) is 0.703. The molecule has 7 nitrogen and oxygen atoms in total. The summed E-state index contributed by atoms with van der Waals surface area (Å²) in [5, 5.41) is 5.39. The monoisotopic (exact) mass is 337 g/mol. The highest BCUT2D eigenvalue weighted by molar-refractivity contribution is 5.88. The maximum absolute atomic E-state index is 12.8. The molecule has 0 aliphatic carbocycles. The number of nitrogens with zero attached hydrogens (tertiary/aromatic N) is 1. The molecule has 0 unspecified atom stereocenters. The second-order valence-corrected chi connectivity index (χ2v) is 5.46. The maximum atomic E-state index is 12.8. The number of piperazine rings is 1. The summed E-state index contributed by atoms with van der Waals surface area (Å²) in [7, 11) is 1.25. The third-order valence-corrected chi connectivity index (χ3v) is 3.78. The summed E-state index contributed by atoms with van der Waals surface area (Å²) in [5.41, 5.74) is 0.771.